The number of rotatable bonds is 6. The Morgan fingerprint density at radius 3 is 2.83 bits per heavy atom. The van der Waals surface area contributed by atoms with Gasteiger partial charge in [-0.1, -0.05) is 30.3 Å². The van der Waals surface area contributed by atoms with Crippen molar-refractivity contribution in [2.45, 2.75) is 25.0 Å². The van der Waals surface area contributed by atoms with Gasteiger partial charge in [0.15, 0.2) is 0 Å². The molecule has 4 heteroatoms. The van der Waals surface area contributed by atoms with Crippen LogP contribution in [0.4, 0.5) is 5.69 Å². The minimum atomic E-state index is 0.0949. The molecule has 0 saturated carbocycles. The molecule has 0 bridgehead atoms. The first-order valence-electron chi connectivity index (χ1n) is 7.94. The number of fused-ring (bicyclic) bond motifs is 1. The van der Waals surface area contributed by atoms with E-state index in [0.29, 0.717) is 18.3 Å². The Morgan fingerprint density at radius 2 is 2.00 bits per heavy atom. The minimum absolute atomic E-state index is 0.0949. The summed E-state index contributed by atoms with van der Waals surface area (Å²) in [5.41, 5.74) is 3.43. The molecule has 0 aliphatic carbocycles. The zero-order chi connectivity index (χ0) is 16.1. The summed E-state index contributed by atoms with van der Waals surface area (Å²) in [6, 6.07) is 16.4. The molecule has 3 nitrogen and oxygen atoms in total. The number of hydrogen-bond acceptors (Lipinski definition) is 3. The van der Waals surface area contributed by atoms with E-state index in [9.17, 15) is 4.79 Å². The standard InChI is InChI=1S/C19H21NO2S/c1-14(15-5-3-2-4-6-15)23-12-11-22-17-8-9-18-16(13-17)7-10-19(21)20-18/h2-6,8-9,13-14H,7,10-12H2,1H3,(H,20,21). The number of ether oxygens (including phenoxy) is 1. The first-order chi connectivity index (χ1) is 11.2. The monoisotopic (exact) mass is 327 g/mol. The Bertz CT molecular complexity index is 672. The zero-order valence-corrected chi connectivity index (χ0v) is 14.1. The van der Waals surface area contributed by atoms with Crippen molar-refractivity contribution in [3.63, 3.8) is 0 Å². The van der Waals surface area contributed by atoms with E-state index in [2.05, 4.69) is 36.5 Å². The van der Waals surface area contributed by atoms with Crippen LogP contribution in [0.5, 0.6) is 5.75 Å². The molecule has 1 aliphatic rings. The van der Waals surface area contributed by atoms with Crippen LogP contribution in [-0.2, 0) is 11.2 Å². The van der Waals surface area contributed by atoms with Crippen molar-refractivity contribution in [3.05, 3.63) is 59.7 Å². The lowest BCUT2D eigenvalue weighted by atomic mass is 10.0. The largest absolute Gasteiger partial charge is 0.493 e. The molecule has 0 saturated heterocycles. The maximum absolute atomic E-state index is 11.4. The molecule has 1 heterocycles. The van der Waals surface area contributed by atoms with Crippen molar-refractivity contribution in [2.75, 3.05) is 17.7 Å². The van der Waals surface area contributed by atoms with Gasteiger partial charge in [-0.2, -0.15) is 11.8 Å². The summed E-state index contributed by atoms with van der Waals surface area (Å²) in [5, 5.41) is 3.36. The van der Waals surface area contributed by atoms with Crippen molar-refractivity contribution in [3.8, 4) is 5.75 Å². The van der Waals surface area contributed by atoms with Gasteiger partial charge >= 0.3 is 0 Å². The number of aryl methyl sites for hydroxylation is 1. The van der Waals surface area contributed by atoms with Crippen LogP contribution in [0, 0.1) is 0 Å². The van der Waals surface area contributed by atoms with Crippen molar-refractivity contribution in [1.82, 2.24) is 0 Å². The Kier molecular flexibility index (Phi) is 5.23. The van der Waals surface area contributed by atoms with Gasteiger partial charge in [0.05, 0.1) is 6.61 Å². The van der Waals surface area contributed by atoms with E-state index in [4.69, 9.17) is 4.74 Å². The molecular formula is C19H21NO2S. The molecule has 23 heavy (non-hydrogen) atoms. The quantitative estimate of drug-likeness (QED) is 0.797. The maximum atomic E-state index is 11.4. The summed E-state index contributed by atoms with van der Waals surface area (Å²) in [6.45, 7) is 2.91. The van der Waals surface area contributed by atoms with Gasteiger partial charge in [-0.3, -0.25) is 4.79 Å². The van der Waals surface area contributed by atoms with Crippen LogP contribution in [-0.4, -0.2) is 18.3 Å². The number of carbonyl (C=O) groups is 1. The lowest BCUT2D eigenvalue weighted by Crippen LogP contribution is -2.18. The molecule has 2 aromatic rings. The van der Waals surface area contributed by atoms with Gasteiger partial charge in [0.25, 0.3) is 0 Å². The van der Waals surface area contributed by atoms with Crippen molar-refractivity contribution in [2.24, 2.45) is 0 Å². The Morgan fingerprint density at radius 1 is 1.17 bits per heavy atom. The third-order valence-electron chi connectivity index (χ3n) is 3.96. The van der Waals surface area contributed by atoms with Crippen molar-refractivity contribution in [1.29, 1.82) is 0 Å². The molecule has 1 aliphatic heterocycles. The summed E-state index contributed by atoms with van der Waals surface area (Å²) in [6.07, 6.45) is 1.35. The van der Waals surface area contributed by atoms with Crippen LogP contribution in [0.2, 0.25) is 0 Å². The summed E-state index contributed by atoms with van der Waals surface area (Å²) in [4.78, 5) is 11.4. The molecule has 0 aromatic heterocycles. The van der Waals surface area contributed by atoms with E-state index in [0.717, 1.165) is 29.2 Å². The fourth-order valence-corrected chi connectivity index (χ4v) is 3.54. The van der Waals surface area contributed by atoms with E-state index < -0.39 is 0 Å². The molecular weight excluding hydrogens is 306 g/mol. The lowest BCUT2D eigenvalue weighted by Gasteiger charge is -2.18. The van der Waals surface area contributed by atoms with E-state index in [-0.39, 0.29) is 5.91 Å². The number of anilines is 1. The fourth-order valence-electron chi connectivity index (χ4n) is 2.65. The number of nitrogens with one attached hydrogen (secondary N) is 1. The third kappa shape index (κ3) is 4.29. The van der Waals surface area contributed by atoms with Gasteiger partial charge in [-0.15, -0.1) is 0 Å². The predicted molar refractivity (Wildman–Crippen MR) is 96.2 cm³/mol. The molecule has 3 rings (SSSR count). The van der Waals surface area contributed by atoms with Crippen molar-refractivity contribution >= 4 is 23.4 Å². The smallest absolute Gasteiger partial charge is 0.224 e. The first kappa shape index (κ1) is 15.9. The number of thioether (sulfide) groups is 1. The Hall–Kier alpha value is -1.94. The molecule has 120 valence electrons. The number of amides is 1. The van der Waals surface area contributed by atoms with E-state index in [1.165, 1.54) is 5.56 Å². The van der Waals surface area contributed by atoms with Crippen LogP contribution in [0.1, 0.15) is 29.7 Å². The number of carbonyl (C=O) groups excluding carboxylic acids is 1. The predicted octanol–water partition coefficient (Wildman–Crippen LogP) is 4.44. The average molecular weight is 327 g/mol. The second-order valence-corrected chi connectivity index (χ2v) is 7.09. The molecule has 0 radical (unpaired) electrons. The third-order valence-corrected chi connectivity index (χ3v) is 5.14. The average Bonchev–Trinajstić information content (AvgIpc) is 2.59. The molecule has 1 N–H and O–H groups in total. The zero-order valence-electron chi connectivity index (χ0n) is 13.2. The van der Waals surface area contributed by atoms with E-state index in [1.54, 1.807) is 0 Å². The topological polar surface area (TPSA) is 38.3 Å². The van der Waals surface area contributed by atoms with E-state index >= 15 is 0 Å². The fraction of sp³-hybridized carbons (Fsp3) is 0.316. The van der Waals surface area contributed by atoms with Gasteiger partial charge < -0.3 is 10.1 Å². The van der Waals surface area contributed by atoms with Gasteiger partial charge in [-0.05, 0) is 42.7 Å². The van der Waals surface area contributed by atoms with Gasteiger partial charge in [-0.25, -0.2) is 0 Å². The van der Waals surface area contributed by atoms with Crippen molar-refractivity contribution < 1.29 is 9.53 Å². The summed E-state index contributed by atoms with van der Waals surface area (Å²) < 4.78 is 5.85. The number of hydrogen-bond donors (Lipinski definition) is 1. The Labute approximate surface area is 141 Å². The lowest BCUT2D eigenvalue weighted by molar-refractivity contribution is -0.116. The minimum Gasteiger partial charge on any atom is -0.493 e. The highest BCUT2D eigenvalue weighted by Gasteiger charge is 2.15. The van der Waals surface area contributed by atoms with Crippen LogP contribution in [0.3, 0.4) is 0 Å². The molecule has 0 spiro atoms. The second-order valence-electron chi connectivity index (χ2n) is 5.64. The van der Waals surface area contributed by atoms with Crippen LogP contribution in [0.15, 0.2) is 48.5 Å². The highest BCUT2D eigenvalue weighted by Crippen LogP contribution is 2.29. The molecule has 1 atom stereocenters. The highest BCUT2D eigenvalue weighted by molar-refractivity contribution is 7.99. The van der Waals surface area contributed by atoms with E-state index in [1.807, 2.05) is 36.0 Å². The normalized spacial score (nSPS) is 14.7. The summed E-state index contributed by atoms with van der Waals surface area (Å²) >= 11 is 1.90. The van der Waals surface area contributed by atoms with Gasteiger partial charge in [0.2, 0.25) is 5.91 Å². The summed E-state index contributed by atoms with van der Waals surface area (Å²) in [7, 11) is 0. The van der Waals surface area contributed by atoms with Crippen LogP contribution >= 0.6 is 11.8 Å². The highest BCUT2D eigenvalue weighted by atomic mass is 32.2. The second kappa shape index (κ2) is 7.55. The SMILES string of the molecule is CC(SCCOc1ccc2c(c1)CCC(=O)N2)c1ccccc1. The molecule has 1 unspecified atom stereocenters. The van der Waals surface area contributed by atoms with Crippen LogP contribution in [0.25, 0.3) is 0 Å². The van der Waals surface area contributed by atoms with Gasteiger partial charge in [0.1, 0.15) is 5.75 Å². The summed E-state index contributed by atoms with van der Waals surface area (Å²) in [5.74, 6) is 1.93. The Balaban J connectivity index is 1.47. The molecule has 0 fully saturated rings. The molecule has 1 amide bonds. The maximum Gasteiger partial charge on any atom is 0.224 e. The van der Waals surface area contributed by atoms with Crippen LogP contribution < -0.4 is 10.1 Å². The van der Waals surface area contributed by atoms with Gasteiger partial charge in [0, 0.05) is 23.1 Å². The molecule has 2 aromatic carbocycles. The number of benzene rings is 2. The first-order valence-corrected chi connectivity index (χ1v) is 8.99.